The zero-order valence-electron chi connectivity index (χ0n) is 9.42. The molecule has 18 heavy (non-hydrogen) atoms. The minimum atomic E-state index is 0.458. The lowest BCUT2D eigenvalue weighted by Crippen LogP contribution is -1.89. The van der Waals surface area contributed by atoms with Gasteiger partial charge in [0.2, 0.25) is 0 Å². The molecule has 0 unspecified atom stereocenters. The van der Waals surface area contributed by atoms with Gasteiger partial charge >= 0.3 is 0 Å². The average molecular weight is 319 g/mol. The fraction of sp³-hybridized carbons (Fsp3) is 0.308. The maximum Gasteiger partial charge on any atom is 0.0917 e. The maximum absolute atomic E-state index is 6.23. The summed E-state index contributed by atoms with van der Waals surface area (Å²) in [6, 6.07) is 5.50. The highest BCUT2D eigenvalue weighted by Gasteiger charge is 2.30. The minimum absolute atomic E-state index is 0.458. The Morgan fingerprint density at radius 3 is 2.44 bits per heavy atom. The van der Waals surface area contributed by atoms with E-state index >= 15 is 0 Å². The Balaban J connectivity index is 2.16. The molecule has 94 valence electrons. The molecule has 0 spiro atoms. The zero-order chi connectivity index (χ0) is 12.7. The van der Waals surface area contributed by atoms with Gasteiger partial charge in [-0.1, -0.05) is 29.3 Å². The summed E-state index contributed by atoms with van der Waals surface area (Å²) >= 11 is 20.1. The van der Waals surface area contributed by atoms with Crippen LogP contribution in [-0.2, 0) is 5.88 Å². The Labute approximate surface area is 125 Å². The van der Waals surface area contributed by atoms with Crippen molar-refractivity contribution in [2.75, 3.05) is 0 Å². The van der Waals surface area contributed by atoms with Crippen LogP contribution in [0.3, 0.4) is 0 Å². The predicted octanol–water partition coefficient (Wildman–Crippen LogP) is 5.73. The Bertz CT molecular complexity index is 570. The highest BCUT2D eigenvalue weighted by Crippen LogP contribution is 2.48. The summed E-state index contributed by atoms with van der Waals surface area (Å²) in [5, 5.41) is 1.25. The highest BCUT2D eigenvalue weighted by molar-refractivity contribution is 7.06. The van der Waals surface area contributed by atoms with E-state index in [1.807, 2.05) is 18.2 Å². The first kappa shape index (κ1) is 12.7. The standard InChI is InChI=1S/C13H10Cl3NS/c14-6-8-12(17-18-13(8)7-4-5-7)11-9(15)2-1-3-10(11)16/h1-3,7H,4-6H2. The van der Waals surface area contributed by atoms with E-state index in [4.69, 9.17) is 34.8 Å². The molecule has 1 aliphatic rings. The number of halogens is 3. The molecule has 1 aromatic carbocycles. The molecule has 5 heteroatoms. The van der Waals surface area contributed by atoms with Crippen molar-refractivity contribution < 1.29 is 0 Å². The van der Waals surface area contributed by atoms with Crippen LogP contribution in [0.1, 0.15) is 29.2 Å². The summed E-state index contributed by atoms with van der Waals surface area (Å²) in [5.74, 6) is 1.10. The molecule has 0 amide bonds. The van der Waals surface area contributed by atoms with Crippen molar-refractivity contribution in [2.45, 2.75) is 24.6 Å². The monoisotopic (exact) mass is 317 g/mol. The van der Waals surface area contributed by atoms with Crippen LogP contribution < -0.4 is 0 Å². The first-order valence-electron chi connectivity index (χ1n) is 5.71. The lowest BCUT2D eigenvalue weighted by molar-refractivity contribution is 1.14. The van der Waals surface area contributed by atoms with Gasteiger partial charge < -0.3 is 0 Å². The Morgan fingerprint density at radius 1 is 1.22 bits per heavy atom. The number of hydrogen-bond acceptors (Lipinski definition) is 2. The lowest BCUT2D eigenvalue weighted by atomic mass is 10.1. The molecular formula is C13H10Cl3NS. The molecule has 0 atom stereocenters. The Morgan fingerprint density at radius 2 is 1.89 bits per heavy atom. The van der Waals surface area contributed by atoms with Crippen molar-refractivity contribution >= 4 is 46.3 Å². The Kier molecular flexibility index (Phi) is 3.55. The van der Waals surface area contributed by atoms with Crippen molar-refractivity contribution in [3.63, 3.8) is 0 Å². The van der Waals surface area contributed by atoms with Gasteiger partial charge in [-0.2, -0.15) is 4.37 Å². The van der Waals surface area contributed by atoms with Crippen LogP contribution in [0.4, 0.5) is 0 Å². The summed E-state index contributed by atoms with van der Waals surface area (Å²) in [6.45, 7) is 0. The van der Waals surface area contributed by atoms with Gasteiger partial charge in [0.05, 0.1) is 21.6 Å². The fourth-order valence-electron chi connectivity index (χ4n) is 2.04. The maximum atomic E-state index is 6.23. The number of hydrogen-bond donors (Lipinski definition) is 0. The van der Waals surface area contributed by atoms with E-state index in [2.05, 4.69) is 4.37 Å². The van der Waals surface area contributed by atoms with E-state index in [0.717, 1.165) is 16.8 Å². The molecule has 1 fully saturated rings. The van der Waals surface area contributed by atoms with Crippen molar-refractivity contribution in [3.05, 3.63) is 38.7 Å². The second-order valence-electron chi connectivity index (χ2n) is 4.38. The summed E-state index contributed by atoms with van der Waals surface area (Å²) in [7, 11) is 0. The van der Waals surface area contributed by atoms with Crippen molar-refractivity contribution in [3.8, 4) is 11.3 Å². The molecule has 1 aliphatic carbocycles. The molecule has 0 N–H and O–H groups in total. The summed E-state index contributed by atoms with van der Waals surface area (Å²) < 4.78 is 4.53. The molecule has 1 heterocycles. The second kappa shape index (κ2) is 5.01. The summed E-state index contributed by atoms with van der Waals surface area (Å²) in [5.41, 5.74) is 2.76. The number of benzene rings is 1. The van der Waals surface area contributed by atoms with E-state index in [-0.39, 0.29) is 0 Å². The number of alkyl halides is 1. The van der Waals surface area contributed by atoms with Gasteiger partial charge in [0.25, 0.3) is 0 Å². The van der Waals surface area contributed by atoms with Crippen LogP contribution in [0.15, 0.2) is 18.2 Å². The molecule has 3 rings (SSSR count). The van der Waals surface area contributed by atoms with Gasteiger partial charge in [0.1, 0.15) is 0 Å². The van der Waals surface area contributed by atoms with Crippen LogP contribution in [-0.4, -0.2) is 4.37 Å². The largest absolute Gasteiger partial charge is 0.192 e. The molecule has 2 aromatic rings. The third kappa shape index (κ3) is 2.16. The summed E-state index contributed by atoms with van der Waals surface area (Å²) in [6.07, 6.45) is 2.48. The fourth-order valence-corrected chi connectivity index (χ4v) is 4.02. The van der Waals surface area contributed by atoms with Crippen LogP contribution in [0.25, 0.3) is 11.3 Å². The van der Waals surface area contributed by atoms with E-state index in [0.29, 0.717) is 21.8 Å². The van der Waals surface area contributed by atoms with Crippen LogP contribution in [0.2, 0.25) is 10.0 Å². The van der Waals surface area contributed by atoms with Gasteiger partial charge in [0, 0.05) is 16.0 Å². The topological polar surface area (TPSA) is 12.9 Å². The third-order valence-corrected chi connectivity index (χ3v) is 5.05. The molecule has 1 nitrogen and oxygen atoms in total. The SMILES string of the molecule is ClCc1c(-c2c(Cl)cccc2Cl)nsc1C1CC1. The normalized spacial score (nSPS) is 15.1. The first-order valence-corrected chi connectivity index (χ1v) is 7.77. The van der Waals surface area contributed by atoms with E-state index in [1.54, 1.807) is 0 Å². The van der Waals surface area contributed by atoms with E-state index in [9.17, 15) is 0 Å². The van der Waals surface area contributed by atoms with Gasteiger partial charge in [-0.15, -0.1) is 11.6 Å². The van der Waals surface area contributed by atoms with Crippen molar-refractivity contribution in [1.29, 1.82) is 0 Å². The second-order valence-corrected chi connectivity index (χ2v) is 6.27. The first-order chi connectivity index (χ1) is 8.72. The van der Waals surface area contributed by atoms with Crippen LogP contribution >= 0.6 is 46.3 Å². The van der Waals surface area contributed by atoms with Gasteiger partial charge in [-0.3, -0.25) is 0 Å². The number of aromatic nitrogens is 1. The predicted molar refractivity (Wildman–Crippen MR) is 79.1 cm³/mol. The van der Waals surface area contributed by atoms with E-state index in [1.165, 1.54) is 29.3 Å². The molecule has 0 bridgehead atoms. The average Bonchev–Trinajstić information content (AvgIpc) is 3.10. The van der Waals surface area contributed by atoms with Gasteiger partial charge in [-0.05, 0) is 42.4 Å². The molecular weight excluding hydrogens is 309 g/mol. The van der Waals surface area contributed by atoms with Gasteiger partial charge in [-0.25, -0.2) is 0 Å². The molecule has 0 aliphatic heterocycles. The minimum Gasteiger partial charge on any atom is -0.192 e. The Hall–Kier alpha value is -0.280. The lowest BCUT2D eigenvalue weighted by Gasteiger charge is -2.06. The quantitative estimate of drug-likeness (QED) is 0.658. The van der Waals surface area contributed by atoms with Crippen LogP contribution in [0.5, 0.6) is 0 Å². The molecule has 0 radical (unpaired) electrons. The summed E-state index contributed by atoms with van der Waals surface area (Å²) in [4.78, 5) is 1.30. The molecule has 0 saturated heterocycles. The smallest absolute Gasteiger partial charge is 0.0917 e. The van der Waals surface area contributed by atoms with Crippen LogP contribution in [0, 0.1) is 0 Å². The van der Waals surface area contributed by atoms with Gasteiger partial charge in [0.15, 0.2) is 0 Å². The van der Waals surface area contributed by atoms with Crippen molar-refractivity contribution in [1.82, 2.24) is 4.37 Å². The third-order valence-electron chi connectivity index (χ3n) is 3.10. The number of rotatable bonds is 3. The molecule has 1 saturated carbocycles. The molecule has 1 aromatic heterocycles. The zero-order valence-corrected chi connectivity index (χ0v) is 12.5. The number of nitrogens with zero attached hydrogens (tertiary/aromatic N) is 1. The van der Waals surface area contributed by atoms with Crippen molar-refractivity contribution in [2.24, 2.45) is 0 Å². The van der Waals surface area contributed by atoms with E-state index < -0.39 is 0 Å². The highest BCUT2D eigenvalue weighted by atomic mass is 35.5.